The van der Waals surface area contributed by atoms with Crippen molar-refractivity contribution in [1.82, 2.24) is 0 Å². The maximum atomic E-state index is 13.1. The van der Waals surface area contributed by atoms with Crippen LogP contribution in [0.1, 0.15) is 439 Å². The number of phosphoric acid groups is 2. The van der Waals surface area contributed by atoms with Gasteiger partial charge in [0.25, 0.3) is 0 Å². The molecule has 6 atom stereocenters. The number of aliphatic hydroxyl groups excluding tert-OH is 1. The molecule has 0 bridgehead atoms. The summed E-state index contributed by atoms with van der Waals surface area (Å²) in [6.07, 6.45) is 66.9. The van der Waals surface area contributed by atoms with Crippen LogP contribution in [0.3, 0.4) is 0 Å². The lowest BCUT2D eigenvalue weighted by Gasteiger charge is -2.21. The first-order valence-corrected chi connectivity index (χ1v) is 45.7. The van der Waals surface area contributed by atoms with Gasteiger partial charge in [-0.1, -0.05) is 388 Å². The molecule has 0 rings (SSSR count). The summed E-state index contributed by atoms with van der Waals surface area (Å²) in [6.45, 7) is 7.35. The lowest BCUT2D eigenvalue weighted by molar-refractivity contribution is -0.161. The van der Waals surface area contributed by atoms with Crippen molar-refractivity contribution in [2.24, 2.45) is 5.92 Å². The number of carbonyl (C=O) groups excluding carboxylic acids is 4. The monoisotopic (exact) mass is 1480 g/mol. The minimum Gasteiger partial charge on any atom is -0.462 e. The van der Waals surface area contributed by atoms with Crippen molar-refractivity contribution in [1.29, 1.82) is 0 Å². The number of rotatable bonds is 82. The molecule has 0 aliphatic rings. The lowest BCUT2D eigenvalue weighted by Crippen LogP contribution is -2.30. The molecular formula is C82H160O17P2. The Morgan fingerprint density at radius 3 is 0.703 bits per heavy atom. The van der Waals surface area contributed by atoms with Gasteiger partial charge in [-0.05, 0) is 31.6 Å². The van der Waals surface area contributed by atoms with Crippen molar-refractivity contribution >= 4 is 39.5 Å². The molecule has 0 spiro atoms. The first-order valence-electron chi connectivity index (χ1n) is 42.7. The van der Waals surface area contributed by atoms with Gasteiger partial charge in [0.2, 0.25) is 0 Å². The van der Waals surface area contributed by atoms with Gasteiger partial charge in [0, 0.05) is 25.7 Å². The molecule has 0 saturated heterocycles. The predicted octanol–water partition coefficient (Wildman–Crippen LogP) is 24.8. The number of carbonyl (C=O) groups is 4. The lowest BCUT2D eigenvalue weighted by atomic mass is 9.99. The highest BCUT2D eigenvalue weighted by molar-refractivity contribution is 7.47. The third-order valence-corrected chi connectivity index (χ3v) is 21.5. The van der Waals surface area contributed by atoms with Crippen LogP contribution in [0.25, 0.3) is 0 Å². The normalized spacial score (nSPS) is 14.1. The van der Waals surface area contributed by atoms with E-state index in [1.165, 1.54) is 250 Å². The highest BCUT2D eigenvalue weighted by Gasteiger charge is 2.30. The molecule has 0 saturated carbocycles. The first-order chi connectivity index (χ1) is 49.1. The summed E-state index contributed by atoms with van der Waals surface area (Å²) in [6, 6.07) is 0. The summed E-state index contributed by atoms with van der Waals surface area (Å²) in [5.41, 5.74) is 0. The van der Waals surface area contributed by atoms with Crippen LogP contribution in [0.2, 0.25) is 0 Å². The third kappa shape index (κ3) is 74.7. The second-order valence-corrected chi connectivity index (χ2v) is 32.7. The standard InChI is InChI=1S/C82H160O17P2/c1-6-10-13-16-19-21-23-24-25-26-27-28-29-33-36-39-43-46-51-56-61-66-80(85)93-72-78(99-82(87)68-63-58-53-48-44-40-37-34-31-30-32-35-38-42-45-50-54-59-64-75(5)9-4)74-97-101(90,91)95-70-76(83)69-94-100(88,89)96-73-77(71-92-79(84)65-60-55-49-18-15-12-8-3)98-81(86)67-62-57-52-47-41-22-20-17-14-11-7-2/h75-78,83H,6-74H2,1-5H3,(H,88,89)(H,90,91)/t75?,76-,77+,78+/m0/s1. The smallest absolute Gasteiger partial charge is 0.462 e. The van der Waals surface area contributed by atoms with Crippen molar-refractivity contribution in [2.75, 3.05) is 39.6 Å². The molecule has 19 heteroatoms. The van der Waals surface area contributed by atoms with Crippen LogP contribution >= 0.6 is 15.6 Å². The van der Waals surface area contributed by atoms with E-state index in [0.717, 1.165) is 109 Å². The van der Waals surface area contributed by atoms with Gasteiger partial charge < -0.3 is 33.8 Å². The Kier molecular flexibility index (Phi) is 73.5. The highest BCUT2D eigenvalue weighted by atomic mass is 31.2. The summed E-state index contributed by atoms with van der Waals surface area (Å²) >= 11 is 0. The predicted molar refractivity (Wildman–Crippen MR) is 414 cm³/mol. The molecule has 0 heterocycles. The Morgan fingerprint density at radius 2 is 0.475 bits per heavy atom. The van der Waals surface area contributed by atoms with Crippen molar-refractivity contribution < 1.29 is 80.2 Å². The van der Waals surface area contributed by atoms with Gasteiger partial charge in [-0.15, -0.1) is 0 Å². The Balaban J connectivity index is 5.13. The summed E-state index contributed by atoms with van der Waals surface area (Å²) in [4.78, 5) is 72.8. The fraction of sp³-hybridized carbons (Fsp3) is 0.951. The molecule has 600 valence electrons. The molecule has 101 heavy (non-hydrogen) atoms. The van der Waals surface area contributed by atoms with Crippen molar-refractivity contribution in [3.8, 4) is 0 Å². The van der Waals surface area contributed by atoms with Crippen molar-refractivity contribution in [3.63, 3.8) is 0 Å². The van der Waals surface area contributed by atoms with Gasteiger partial charge in [0.05, 0.1) is 26.4 Å². The number of hydrogen-bond donors (Lipinski definition) is 3. The van der Waals surface area contributed by atoms with E-state index in [4.69, 9.17) is 37.0 Å². The summed E-state index contributed by atoms with van der Waals surface area (Å²) < 4.78 is 68.6. The Labute approximate surface area is 619 Å². The van der Waals surface area contributed by atoms with E-state index in [9.17, 15) is 43.2 Å². The van der Waals surface area contributed by atoms with Crippen LogP contribution in [0.5, 0.6) is 0 Å². The molecule has 0 aromatic heterocycles. The zero-order valence-corrected chi connectivity index (χ0v) is 67.8. The number of esters is 4. The van der Waals surface area contributed by atoms with E-state index in [0.29, 0.717) is 25.7 Å². The van der Waals surface area contributed by atoms with E-state index < -0.39 is 97.5 Å². The van der Waals surface area contributed by atoms with Crippen LogP contribution in [-0.4, -0.2) is 96.7 Å². The van der Waals surface area contributed by atoms with Gasteiger partial charge in [-0.25, -0.2) is 9.13 Å². The van der Waals surface area contributed by atoms with E-state index in [1.54, 1.807) is 0 Å². The average Bonchev–Trinajstić information content (AvgIpc) is 1.000. The average molecular weight is 1480 g/mol. The van der Waals surface area contributed by atoms with Crippen molar-refractivity contribution in [3.05, 3.63) is 0 Å². The second-order valence-electron chi connectivity index (χ2n) is 29.8. The van der Waals surface area contributed by atoms with Crippen molar-refractivity contribution in [2.45, 2.75) is 457 Å². The number of phosphoric ester groups is 2. The van der Waals surface area contributed by atoms with Gasteiger partial charge in [-0.3, -0.25) is 37.3 Å². The summed E-state index contributed by atoms with van der Waals surface area (Å²) in [7, 11) is -9.91. The molecule has 0 aliphatic heterocycles. The molecule has 0 aliphatic carbocycles. The fourth-order valence-electron chi connectivity index (χ4n) is 12.7. The Morgan fingerprint density at radius 1 is 0.277 bits per heavy atom. The number of unbranched alkanes of at least 4 members (excludes halogenated alkanes) is 53. The quantitative estimate of drug-likeness (QED) is 0.0222. The molecule has 0 aromatic rings. The SMILES string of the molecule is CCCCCCCCCCCCCCCCCCCCCCCC(=O)OC[C@H](COP(=O)(O)OC[C@@H](O)COP(=O)(O)OC[C@@H](COC(=O)CCCCCCCCC)OC(=O)CCCCCCCCCCCCC)OC(=O)CCCCCCCCCCCCCCCCCCCCC(C)CC. The maximum absolute atomic E-state index is 13.1. The third-order valence-electron chi connectivity index (χ3n) is 19.6. The van der Waals surface area contributed by atoms with Gasteiger partial charge >= 0.3 is 39.5 Å². The molecule has 0 radical (unpaired) electrons. The van der Waals surface area contributed by atoms with Crippen LogP contribution in [-0.2, 0) is 65.4 Å². The van der Waals surface area contributed by atoms with E-state index in [2.05, 4.69) is 34.6 Å². The van der Waals surface area contributed by atoms with Crippen LogP contribution in [0.4, 0.5) is 0 Å². The number of ether oxygens (including phenoxy) is 4. The second kappa shape index (κ2) is 74.9. The number of aliphatic hydroxyl groups is 1. The van der Waals surface area contributed by atoms with Gasteiger partial charge in [0.15, 0.2) is 12.2 Å². The fourth-order valence-corrected chi connectivity index (χ4v) is 14.3. The summed E-state index contributed by atoms with van der Waals surface area (Å²) in [5, 5.41) is 10.6. The minimum absolute atomic E-state index is 0.107. The van der Waals surface area contributed by atoms with Crippen LogP contribution < -0.4 is 0 Å². The minimum atomic E-state index is -4.96. The highest BCUT2D eigenvalue weighted by Crippen LogP contribution is 2.45. The first kappa shape index (κ1) is 99.1. The van der Waals surface area contributed by atoms with E-state index in [-0.39, 0.29) is 25.7 Å². The Hall–Kier alpha value is -1.94. The van der Waals surface area contributed by atoms with E-state index >= 15 is 0 Å². The number of hydrogen-bond acceptors (Lipinski definition) is 15. The van der Waals surface area contributed by atoms with Crippen LogP contribution in [0, 0.1) is 5.92 Å². The molecule has 3 unspecified atom stereocenters. The molecule has 0 amide bonds. The summed E-state index contributed by atoms with van der Waals surface area (Å²) in [5.74, 6) is -1.24. The Bertz CT molecular complexity index is 1930. The molecule has 17 nitrogen and oxygen atoms in total. The van der Waals surface area contributed by atoms with Gasteiger partial charge in [-0.2, -0.15) is 0 Å². The zero-order chi connectivity index (χ0) is 74.1. The van der Waals surface area contributed by atoms with Crippen LogP contribution in [0.15, 0.2) is 0 Å². The van der Waals surface area contributed by atoms with E-state index in [1.807, 2.05) is 0 Å². The largest absolute Gasteiger partial charge is 0.472 e. The zero-order valence-electron chi connectivity index (χ0n) is 66.1. The molecule has 0 fully saturated rings. The topological polar surface area (TPSA) is 237 Å². The van der Waals surface area contributed by atoms with Gasteiger partial charge in [0.1, 0.15) is 19.3 Å². The molecule has 3 N–H and O–H groups in total. The maximum Gasteiger partial charge on any atom is 0.472 e. The molecule has 0 aromatic carbocycles. The molecular weight excluding hydrogens is 1320 g/mol.